The average Bonchev–Trinajstić information content (AvgIpc) is 2.48. The van der Waals surface area contributed by atoms with Crippen LogP contribution >= 0.6 is 11.3 Å². The van der Waals surface area contributed by atoms with Crippen LogP contribution in [0.4, 0.5) is 0 Å². The third-order valence-electron chi connectivity index (χ3n) is 2.12. The number of fused-ring (bicyclic) bond motifs is 1. The molecular weight excluding hydrogens is 182 g/mol. The van der Waals surface area contributed by atoms with E-state index < -0.39 is 0 Å². The molecule has 0 unspecified atom stereocenters. The molecule has 2 rings (SSSR count). The minimum atomic E-state index is 0.556. The molecule has 0 saturated carbocycles. The Morgan fingerprint density at radius 2 is 2.00 bits per heavy atom. The van der Waals surface area contributed by atoms with Crippen LogP contribution in [0, 0.1) is 13.8 Å². The van der Waals surface area contributed by atoms with Crippen molar-refractivity contribution in [3.63, 3.8) is 0 Å². The molecule has 1 aromatic carbocycles. The van der Waals surface area contributed by atoms with E-state index >= 15 is 0 Å². The number of thiazole rings is 1. The van der Waals surface area contributed by atoms with E-state index in [1.54, 1.807) is 0 Å². The molecular formula is C10H9NOS. The lowest BCUT2D eigenvalue weighted by Crippen LogP contribution is -1.79. The molecule has 0 bridgehead atoms. The van der Waals surface area contributed by atoms with Gasteiger partial charge in [-0.25, -0.2) is 4.98 Å². The molecule has 0 saturated heterocycles. The standard InChI is InChI=1S/C10H9NOS/c1-6-3-8-9(4-7(6)2)13-10(5-12)11-8/h3-5H,1-2H3. The van der Waals surface area contributed by atoms with Crippen molar-refractivity contribution in [2.75, 3.05) is 0 Å². The first kappa shape index (κ1) is 8.38. The molecule has 1 aromatic heterocycles. The maximum Gasteiger partial charge on any atom is 0.178 e. The molecule has 0 radical (unpaired) electrons. The van der Waals surface area contributed by atoms with Gasteiger partial charge in [-0.2, -0.15) is 0 Å². The van der Waals surface area contributed by atoms with Crippen LogP contribution in [-0.2, 0) is 0 Å². The van der Waals surface area contributed by atoms with Gasteiger partial charge in [0, 0.05) is 0 Å². The summed E-state index contributed by atoms with van der Waals surface area (Å²) in [5.41, 5.74) is 3.39. The highest BCUT2D eigenvalue weighted by Crippen LogP contribution is 2.24. The molecule has 66 valence electrons. The molecule has 13 heavy (non-hydrogen) atoms. The second kappa shape index (κ2) is 2.92. The summed E-state index contributed by atoms with van der Waals surface area (Å²) in [6.45, 7) is 4.11. The molecule has 3 heteroatoms. The van der Waals surface area contributed by atoms with Crippen molar-refractivity contribution in [1.29, 1.82) is 0 Å². The smallest absolute Gasteiger partial charge is 0.178 e. The predicted octanol–water partition coefficient (Wildman–Crippen LogP) is 2.73. The van der Waals surface area contributed by atoms with Crippen LogP contribution < -0.4 is 0 Å². The number of aromatic nitrogens is 1. The Hall–Kier alpha value is -1.22. The zero-order valence-electron chi connectivity index (χ0n) is 7.50. The van der Waals surface area contributed by atoms with Crippen LogP contribution in [0.15, 0.2) is 12.1 Å². The number of aryl methyl sites for hydroxylation is 2. The van der Waals surface area contributed by atoms with Crippen LogP contribution in [0.25, 0.3) is 10.2 Å². The Kier molecular flexibility index (Phi) is 1.88. The van der Waals surface area contributed by atoms with Gasteiger partial charge in [-0.3, -0.25) is 4.79 Å². The van der Waals surface area contributed by atoms with Crippen molar-refractivity contribution in [3.8, 4) is 0 Å². The van der Waals surface area contributed by atoms with E-state index in [-0.39, 0.29) is 0 Å². The molecule has 0 amide bonds. The van der Waals surface area contributed by atoms with Gasteiger partial charge in [0.2, 0.25) is 0 Å². The molecule has 2 nitrogen and oxygen atoms in total. The van der Waals surface area contributed by atoms with Crippen LogP contribution in [0.3, 0.4) is 0 Å². The topological polar surface area (TPSA) is 30.0 Å². The van der Waals surface area contributed by atoms with Gasteiger partial charge in [-0.1, -0.05) is 0 Å². The molecule has 2 aromatic rings. The predicted molar refractivity (Wildman–Crippen MR) is 54.5 cm³/mol. The first-order valence-electron chi connectivity index (χ1n) is 4.03. The lowest BCUT2D eigenvalue weighted by atomic mass is 10.1. The Balaban J connectivity index is 2.77. The van der Waals surface area contributed by atoms with Gasteiger partial charge in [-0.15, -0.1) is 11.3 Å². The fraction of sp³-hybridized carbons (Fsp3) is 0.200. The lowest BCUT2D eigenvalue weighted by molar-refractivity contribution is 0.112. The fourth-order valence-electron chi connectivity index (χ4n) is 1.25. The third kappa shape index (κ3) is 1.35. The largest absolute Gasteiger partial charge is 0.295 e. The maximum atomic E-state index is 10.5. The SMILES string of the molecule is Cc1cc2nc(C=O)sc2cc1C. The minimum Gasteiger partial charge on any atom is -0.295 e. The van der Waals surface area contributed by atoms with E-state index in [0.717, 1.165) is 16.5 Å². The highest BCUT2D eigenvalue weighted by Gasteiger charge is 2.04. The van der Waals surface area contributed by atoms with Gasteiger partial charge in [0.1, 0.15) is 0 Å². The van der Waals surface area contributed by atoms with Crippen LogP contribution in [0.5, 0.6) is 0 Å². The summed E-state index contributed by atoms with van der Waals surface area (Å²) in [6, 6.07) is 4.10. The Bertz CT molecular complexity index is 434. The lowest BCUT2D eigenvalue weighted by Gasteiger charge is -1.96. The normalized spacial score (nSPS) is 10.6. The van der Waals surface area contributed by atoms with Crippen LogP contribution in [0.1, 0.15) is 20.9 Å². The summed E-state index contributed by atoms with van der Waals surface area (Å²) in [5, 5.41) is 0.556. The van der Waals surface area contributed by atoms with E-state index in [2.05, 4.69) is 24.9 Å². The van der Waals surface area contributed by atoms with Crippen molar-refractivity contribution in [1.82, 2.24) is 4.98 Å². The maximum absolute atomic E-state index is 10.5. The summed E-state index contributed by atoms with van der Waals surface area (Å²) >= 11 is 1.44. The van der Waals surface area contributed by atoms with Gasteiger partial charge in [0.25, 0.3) is 0 Å². The molecule has 0 aliphatic carbocycles. The van der Waals surface area contributed by atoms with Crippen molar-refractivity contribution in [3.05, 3.63) is 28.3 Å². The van der Waals surface area contributed by atoms with Crippen molar-refractivity contribution in [2.24, 2.45) is 0 Å². The third-order valence-corrected chi connectivity index (χ3v) is 3.06. The summed E-state index contributed by atoms with van der Waals surface area (Å²) in [5.74, 6) is 0. The van der Waals surface area contributed by atoms with E-state index in [0.29, 0.717) is 5.01 Å². The quantitative estimate of drug-likeness (QED) is 0.649. The fourth-order valence-corrected chi connectivity index (χ4v) is 2.11. The van der Waals surface area contributed by atoms with Crippen molar-refractivity contribution in [2.45, 2.75) is 13.8 Å². The molecule has 0 N–H and O–H groups in total. The van der Waals surface area contributed by atoms with Crippen molar-refractivity contribution >= 4 is 27.8 Å². The highest BCUT2D eigenvalue weighted by atomic mass is 32.1. The summed E-state index contributed by atoms with van der Waals surface area (Å²) < 4.78 is 1.09. The minimum absolute atomic E-state index is 0.556. The Morgan fingerprint density at radius 1 is 1.31 bits per heavy atom. The number of nitrogens with zero attached hydrogens (tertiary/aromatic N) is 1. The molecule has 0 atom stereocenters. The first-order valence-corrected chi connectivity index (χ1v) is 4.85. The van der Waals surface area contributed by atoms with E-state index in [1.807, 2.05) is 6.07 Å². The monoisotopic (exact) mass is 191 g/mol. The second-order valence-corrected chi connectivity index (χ2v) is 4.14. The number of benzene rings is 1. The number of hydrogen-bond donors (Lipinski definition) is 0. The van der Waals surface area contributed by atoms with E-state index in [9.17, 15) is 4.79 Å². The second-order valence-electron chi connectivity index (χ2n) is 3.07. The van der Waals surface area contributed by atoms with Gasteiger partial charge in [0.05, 0.1) is 10.2 Å². The van der Waals surface area contributed by atoms with E-state index in [1.165, 1.54) is 22.5 Å². The molecule has 0 aliphatic heterocycles. The van der Waals surface area contributed by atoms with E-state index in [4.69, 9.17) is 0 Å². The number of hydrogen-bond acceptors (Lipinski definition) is 3. The van der Waals surface area contributed by atoms with Gasteiger partial charge < -0.3 is 0 Å². The van der Waals surface area contributed by atoms with Gasteiger partial charge >= 0.3 is 0 Å². The summed E-state index contributed by atoms with van der Waals surface area (Å²) in [7, 11) is 0. The number of rotatable bonds is 1. The number of carbonyl (C=O) groups is 1. The number of aldehydes is 1. The van der Waals surface area contributed by atoms with Crippen LogP contribution in [0.2, 0.25) is 0 Å². The van der Waals surface area contributed by atoms with Crippen LogP contribution in [-0.4, -0.2) is 11.3 Å². The summed E-state index contributed by atoms with van der Waals surface area (Å²) in [6.07, 6.45) is 0.801. The molecule has 0 aliphatic rings. The molecule has 1 heterocycles. The average molecular weight is 191 g/mol. The number of carbonyl (C=O) groups excluding carboxylic acids is 1. The van der Waals surface area contributed by atoms with Gasteiger partial charge in [-0.05, 0) is 37.1 Å². The molecule has 0 fully saturated rings. The first-order chi connectivity index (χ1) is 6.20. The zero-order valence-corrected chi connectivity index (χ0v) is 8.31. The Morgan fingerprint density at radius 3 is 2.69 bits per heavy atom. The highest BCUT2D eigenvalue weighted by molar-refractivity contribution is 7.20. The van der Waals surface area contributed by atoms with Gasteiger partial charge in [0.15, 0.2) is 11.3 Å². The summed E-state index contributed by atoms with van der Waals surface area (Å²) in [4.78, 5) is 14.7. The Labute approximate surface area is 80.2 Å². The zero-order chi connectivity index (χ0) is 9.42. The molecule has 0 spiro atoms. The van der Waals surface area contributed by atoms with Crippen molar-refractivity contribution < 1.29 is 4.79 Å².